The molecule has 5 heteroatoms. The Morgan fingerprint density at radius 1 is 1.23 bits per heavy atom. The highest BCUT2D eigenvalue weighted by molar-refractivity contribution is 7.09. The first-order chi connectivity index (χ1) is 12.2. The minimum absolute atomic E-state index is 0.0604. The molecule has 1 aromatic heterocycles. The average Bonchev–Trinajstić information content (AvgIpc) is 2.96. The third kappa shape index (κ3) is 4.67. The molecular weight excluding hydrogens is 358 g/mol. The van der Waals surface area contributed by atoms with Crippen molar-refractivity contribution < 1.29 is 9.16 Å². The van der Waals surface area contributed by atoms with Gasteiger partial charge in [-0.25, -0.2) is 4.98 Å². The van der Waals surface area contributed by atoms with Crippen LogP contribution in [0.3, 0.4) is 0 Å². The molecule has 0 aliphatic carbocycles. The van der Waals surface area contributed by atoms with Gasteiger partial charge in [-0.2, -0.15) is 0 Å². The first-order valence-corrected chi connectivity index (χ1v) is 12.8. The molecule has 146 valence electrons. The molecule has 2 atom stereocenters. The molecule has 2 heterocycles. The zero-order valence-corrected chi connectivity index (χ0v) is 19.4. The van der Waals surface area contributed by atoms with Crippen molar-refractivity contribution in [2.45, 2.75) is 90.6 Å². The highest BCUT2D eigenvalue weighted by Gasteiger charge is 2.46. The minimum Gasteiger partial charge on any atom is -0.494 e. The Hall–Kier alpha value is -0.913. The summed E-state index contributed by atoms with van der Waals surface area (Å²) in [6.45, 7) is 18.2. The van der Waals surface area contributed by atoms with Gasteiger partial charge >= 0.3 is 0 Å². The van der Waals surface area contributed by atoms with Crippen LogP contribution in [0.5, 0.6) is 0 Å². The van der Waals surface area contributed by atoms with Gasteiger partial charge in [-0.15, -0.1) is 11.3 Å². The number of rotatable bonds is 7. The van der Waals surface area contributed by atoms with Crippen LogP contribution in [-0.2, 0) is 9.16 Å². The van der Waals surface area contributed by atoms with Crippen molar-refractivity contribution >= 4 is 25.7 Å². The molecule has 26 heavy (non-hydrogen) atoms. The van der Waals surface area contributed by atoms with E-state index in [0.717, 1.165) is 17.1 Å². The summed E-state index contributed by atoms with van der Waals surface area (Å²) >= 11 is 1.68. The second-order valence-electron chi connectivity index (χ2n) is 8.34. The SMILES string of the molecule is C/C(=C\c1csc(C)n1)[C@@H]1C[C@H](O[Si](C(C)C)(C(C)C)C(C)C)C=CO1. The number of nitrogens with zero attached hydrogens (tertiary/aromatic N) is 1. The topological polar surface area (TPSA) is 31.4 Å². The maximum absolute atomic E-state index is 6.93. The molecule has 0 bridgehead atoms. The molecule has 0 saturated carbocycles. The molecule has 0 unspecified atom stereocenters. The molecule has 1 aliphatic rings. The van der Waals surface area contributed by atoms with Crippen LogP contribution in [-0.4, -0.2) is 25.5 Å². The molecule has 2 rings (SSSR count). The fourth-order valence-electron chi connectivity index (χ4n) is 4.40. The predicted octanol–water partition coefficient (Wildman–Crippen LogP) is 6.72. The summed E-state index contributed by atoms with van der Waals surface area (Å²) < 4.78 is 12.8. The smallest absolute Gasteiger partial charge is 0.201 e. The zero-order valence-electron chi connectivity index (χ0n) is 17.6. The maximum Gasteiger partial charge on any atom is 0.201 e. The van der Waals surface area contributed by atoms with E-state index < -0.39 is 8.32 Å². The van der Waals surface area contributed by atoms with Crippen molar-refractivity contribution in [2.24, 2.45) is 0 Å². The number of ether oxygens (including phenoxy) is 1. The lowest BCUT2D eigenvalue weighted by Gasteiger charge is -2.45. The Kier molecular flexibility index (Phi) is 7.28. The average molecular weight is 394 g/mol. The van der Waals surface area contributed by atoms with Crippen molar-refractivity contribution in [2.75, 3.05) is 0 Å². The third-order valence-corrected chi connectivity index (χ3v) is 12.5. The molecule has 0 spiro atoms. The van der Waals surface area contributed by atoms with Gasteiger partial charge in [0.25, 0.3) is 0 Å². The van der Waals surface area contributed by atoms with Gasteiger partial charge in [0.05, 0.1) is 23.1 Å². The number of thiazole rings is 1. The van der Waals surface area contributed by atoms with Crippen LogP contribution in [0.2, 0.25) is 16.6 Å². The Morgan fingerprint density at radius 3 is 2.35 bits per heavy atom. The van der Waals surface area contributed by atoms with E-state index in [1.54, 1.807) is 11.3 Å². The monoisotopic (exact) mass is 393 g/mol. The van der Waals surface area contributed by atoms with Crippen LogP contribution < -0.4 is 0 Å². The highest BCUT2D eigenvalue weighted by Crippen LogP contribution is 2.44. The minimum atomic E-state index is -1.89. The van der Waals surface area contributed by atoms with E-state index in [0.29, 0.717) is 16.6 Å². The van der Waals surface area contributed by atoms with Crippen molar-refractivity contribution in [1.82, 2.24) is 4.98 Å². The molecule has 0 fully saturated rings. The number of hydrogen-bond donors (Lipinski definition) is 0. The molecule has 0 saturated heterocycles. The Bertz CT molecular complexity index is 626. The summed E-state index contributed by atoms with van der Waals surface area (Å²) in [7, 11) is -1.89. The van der Waals surface area contributed by atoms with Crippen LogP contribution in [0.1, 0.15) is 65.6 Å². The number of hydrogen-bond acceptors (Lipinski definition) is 4. The van der Waals surface area contributed by atoms with Gasteiger partial charge in [0.1, 0.15) is 6.10 Å². The second kappa shape index (κ2) is 8.85. The van der Waals surface area contributed by atoms with Crippen molar-refractivity contribution in [1.29, 1.82) is 0 Å². The predicted molar refractivity (Wildman–Crippen MR) is 115 cm³/mol. The Morgan fingerprint density at radius 2 is 1.85 bits per heavy atom. The first kappa shape index (κ1) is 21.4. The fraction of sp³-hybridized carbons (Fsp3) is 0.667. The quantitative estimate of drug-likeness (QED) is 0.482. The van der Waals surface area contributed by atoms with Crippen LogP contribution in [0.25, 0.3) is 6.08 Å². The standard InChI is InChI=1S/C21H35NO2SSi/c1-14(2)26(15(3)4,16(5)6)24-20-9-10-23-21(12-20)17(7)11-19-13-25-18(8)22-19/h9-11,13-16,20-21H,12H2,1-8H3/b17-11+/t20-,21+/m1/s1. The molecule has 0 amide bonds. The van der Waals surface area contributed by atoms with Crippen LogP contribution >= 0.6 is 11.3 Å². The molecule has 0 aromatic carbocycles. The van der Waals surface area contributed by atoms with Gasteiger partial charge < -0.3 is 9.16 Å². The summed E-state index contributed by atoms with van der Waals surface area (Å²) in [4.78, 5) is 4.54. The van der Waals surface area contributed by atoms with Crippen LogP contribution in [0, 0.1) is 6.92 Å². The van der Waals surface area contributed by atoms with Gasteiger partial charge in [0.15, 0.2) is 0 Å². The lowest BCUT2D eigenvalue weighted by Crippen LogP contribution is -2.50. The molecular formula is C21H35NO2SSi. The lowest BCUT2D eigenvalue weighted by molar-refractivity contribution is 0.0884. The van der Waals surface area contributed by atoms with E-state index in [9.17, 15) is 0 Å². The maximum atomic E-state index is 6.93. The largest absolute Gasteiger partial charge is 0.494 e. The van der Waals surface area contributed by atoms with Gasteiger partial charge in [0.2, 0.25) is 8.32 Å². The van der Waals surface area contributed by atoms with E-state index in [1.807, 2.05) is 13.2 Å². The van der Waals surface area contributed by atoms with Crippen molar-refractivity contribution in [3.63, 3.8) is 0 Å². The fourth-order valence-corrected chi connectivity index (χ4v) is 10.5. The van der Waals surface area contributed by atoms with Crippen LogP contribution in [0.15, 0.2) is 23.3 Å². The second-order valence-corrected chi connectivity index (χ2v) is 14.8. The Labute approximate surface area is 164 Å². The summed E-state index contributed by atoms with van der Waals surface area (Å²) in [6, 6.07) is 0. The van der Waals surface area contributed by atoms with E-state index in [1.165, 1.54) is 5.57 Å². The number of aryl methyl sites for hydroxylation is 1. The summed E-state index contributed by atoms with van der Waals surface area (Å²) in [6.07, 6.45) is 7.15. The molecule has 1 aliphatic heterocycles. The number of aromatic nitrogens is 1. The lowest BCUT2D eigenvalue weighted by atomic mass is 10.0. The summed E-state index contributed by atoms with van der Waals surface area (Å²) in [5.41, 5.74) is 4.00. The van der Waals surface area contributed by atoms with Gasteiger partial charge in [-0.3, -0.25) is 0 Å². The third-order valence-electron chi connectivity index (χ3n) is 5.57. The molecule has 1 aromatic rings. The van der Waals surface area contributed by atoms with E-state index in [2.05, 4.69) is 71.0 Å². The molecule has 0 N–H and O–H groups in total. The van der Waals surface area contributed by atoms with Crippen LogP contribution in [0.4, 0.5) is 0 Å². The zero-order chi connectivity index (χ0) is 19.5. The van der Waals surface area contributed by atoms with Crippen molar-refractivity contribution in [3.8, 4) is 0 Å². The summed E-state index contributed by atoms with van der Waals surface area (Å²) in [5.74, 6) is 0. The first-order valence-electron chi connectivity index (χ1n) is 9.77. The normalized spacial score (nSPS) is 21.7. The molecule has 3 nitrogen and oxygen atoms in total. The van der Waals surface area contributed by atoms with Gasteiger partial charge in [-0.1, -0.05) is 41.5 Å². The van der Waals surface area contributed by atoms with E-state index >= 15 is 0 Å². The van der Waals surface area contributed by atoms with Gasteiger partial charge in [0, 0.05) is 11.8 Å². The van der Waals surface area contributed by atoms with E-state index in [-0.39, 0.29) is 12.2 Å². The Balaban J connectivity index is 2.15. The van der Waals surface area contributed by atoms with Gasteiger partial charge in [-0.05, 0) is 48.2 Å². The molecule has 0 radical (unpaired) electrons. The summed E-state index contributed by atoms with van der Waals surface area (Å²) in [5, 5.41) is 3.19. The highest BCUT2D eigenvalue weighted by atomic mass is 32.1. The van der Waals surface area contributed by atoms with Crippen molar-refractivity contribution in [3.05, 3.63) is 34.0 Å². The van der Waals surface area contributed by atoms with E-state index in [4.69, 9.17) is 9.16 Å².